The second-order valence-electron chi connectivity index (χ2n) is 2.91. The molecule has 2 heteroatoms. The van der Waals surface area contributed by atoms with Crippen molar-refractivity contribution in [2.75, 3.05) is 0 Å². The highest BCUT2D eigenvalue weighted by Gasteiger charge is 2.07. The Labute approximate surface area is 67.2 Å². The number of allylic oxidation sites excluding steroid dienone is 1. The molecule has 0 fully saturated rings. The minimum atomic E-state index is -0.897. The first-order valence-electron chi connectivity index (χ1n) is 3.56. The van der Waals surface area contributed by atoms with Crippen LogP contribution in [0.5, 0.6) is 0 Å². The summed E-state index contributed by atoms with van der Waals surface area (Å²) in [4.78, 5) is 10.5. The van der Waals surface area contributed by atoms with Crippen LogP contribution in [0.3, 0.4) is 0 Å². The maximum Gasteiger partial charge on any atom is 0.335 e. The molecule has 0 amide bonds. The fourth-order valence-corrected chi connectivity index (χ4v) is 0.729. The Balaban J connectivity index is 4.60. The third-order valence-corrected chi connectivity index (χ3v) is 1.19. The van der Waals surface area contributed by atoms with Gasteiger partial charge in [0.1, 0.15) is 0 Å². The number of hydrogen-bond donors (Lipinski definition) is 1. The highest BCUT2D eigenvalue weighted by molar-refractivity contribution is 5.91. The van der Waals surface area contributed by atoms with Gasteiger partial charge in [-0.15, -0.1) is 0 Å². The van der Waals surface area contributed by atoms with Crippen molar-refractivity contribution in [3.63, 3.8) is 0 Å². The summed E-state index contributed by atoms with van der Waals surface area (Å²) >= 11 is 0. The van der Waals surface area contributed by atoms with Crippen molar-refractivity contribution in [3.05, 3.63) is 23.8 Å². The van der Waals surface area contributed by atoms with Crippen molar-refractivity contribution in [1.29, 1.82) is 0 Å². The lowest BCUT2D eigenvalue weighted by Gasteiger charge is -2.02. The van der Waals surface area contributed by atoms with Crippen LogP contribution in [0.25, 0.3) is 0 Å². The molecule has 0 saturated heterocycles. The third-order valence-electron chi connectivity index (χ3n) is 1.19. The van der Waals surface area contributed by atoms with Crippen LogP contribution >= 0.6 is 0 Å². The second-order valence-corrected chi connectivity index (χ2v) is 2.91. The Kier molecular flexibility index (Phi) is 3.58. The summed E-state index contributed by atoms with van der Waals surface area (Å²) in [6.45, 7) is 9.15. The molecule has 0 aliphatic rings. The smallest absolute Gasteiger partial charge is 0.335 e. The molecule has 0 rings (SSSR count). The van der Waals surface area contributed by atoms with E-state index in [2.05, 4.69) is 6.58 Å². The molecule has 0 spiro atoms. The molecule has 0 heterocycles. The predicted octanol–water partition coefficient (Wildman–Crippen LogP) is 2.23. The average molecular weight is 154 g/mol. The van der Waals surface area contributed by atoms with Gasteiger partial charge in [0, 0.05) is 0 Å². The molecule has 0 aromatic carbocycles. The van der Waals surface area contributed by atoms with Crippen molar-refractivity contribution in [3.8, 4) is 0 Å². The third kappa shape index (κ3) is 3.61. The Morgan fingerprint density at radius 1 is 1.55 bits per heavy atom. The molecule has 62 valence electrons. The van der Waals surface area contributed by atoms with E-state index >= 15 is 0 Å². The molecule has 0 radical (unpaired) electrons. The molecule has 0 aromatic heterocycles. The summed E-state index contributed by atoms with van der Waals surface area (Å²) in [7, 11) is 0. The van der Waals surface area contributed by atoms with Gasteiger partial charge >= 0.3 is 5.97 Å². The molecule has 0 unspecified atom stereocenters. The van der Waals surface area contributed by atoms with Gasteiger partial charge in [-0.1, -0.05) is 26.5 Å². The van der Waals surface area contributed by atoms with Gasteiger partial charge in [0.25, 0.3) is 0 Å². The fourth-order valence-electron chi connectivity index (χ4n) is 0.729. The van der Waals surface area contributed by atoms with Crippen LogP contribution < -0.4 is 0 Å². The zero-order chi connectivity index (χ0) is 9.02. The summed E-state index contributed by atoms with van der Waals surface area (Å²) in [5.41, 5.74) is 0.922. The molecule has 1 N–H and O–H groups in total. The monoisotopic (exact) mass is 154 g/mol. The number of aliphatic carboxylic acids is 1. The molecule has 0 atom stereocenters. The number of hydrogen-bond acceptors (Lipinski definition) is 1. The van der Waals surface area contributed by atoms with E-state index < -0.39 is 5.97 Å². The number of rotatable bonds is 3. The molecular weight excluding hydrogens is 140 g/mol. The van der Waals surface area contributed by atoms with E-state index in [1.807, 2.05) is 13.8 Å². The van der Waals surface area contributed by atoms with Crippen molar-refractivity contribution in [2.24, 2.45) is 5.92 Å². The molecule has 11 heavy (non-hydrogen) atoms. The summed E-state index contributed by atoms with van der Waals surface area (Å²) in [6, 6.07) is 0. The summed E-state index contributed by atoms with van der Waals surface area (Å²) in [5.74, 6) is -0.649. The van der Waals surface area contributed by atoms with Gasteiger partial charge in [-0.3, -0.25) is 0 Å². The van der Waals surface area contributed by atoms with E-state index in [9.17, 15) is 4.79 Å². The van der Waals surface area contributed by atoms with E-state index in [1.165, 1.54) is 0 Å². The first-order chi connectivity index (χ1) is 4.95. The van der Waals surface area contributed by atoms with Crippen LogP contribution in [0.15, 0.2) is 23.8 Å². The van der Waals surface area contributed by atoms with Gasteiger partial charge < -0.3 is 5.11 Å². The Morgan fingerprint density at radius 2 is 2.00 bits per heavy atom. The minimum Gasteiger partial charge on any atom is -0.478 e. The predicted molar refractivity (Wildman–Crippen MR) is 45.4 cm³/mol. The molecule has 0 bridgehead atoms. The van der Waals surface area contributed by atoms with E-state index in [1.54, 1.807) is 13.0 Å². The lowest BCUT2D eigenvalue weighted by molar-refractivity contribution is -0.132. The van der Waals surface area contributed by atoms with Gasteiger partial charge in [0.05, 0.1) is 5.57 Å². The van der Waals surface area contributed by atoms with Gasteiger partial charge in [0.2, 0.25) is 0 Å². The van der Waals surface area contributed by atoms with Crippen molar-refractivity contribution >= 4 is 5.97 Å². The Bertz CT molecular complexity index is 184. The standard InChI is InChI=1S/C9H14O2/c1-6(2)5-8(7(3)4)9(10)11/h5-6H,3H2,1-2,4H3,(H,10,11). The summed E-state index contributed by atoms with van der Waals surface area (Å²) in [6.07, 6.45) is 1.70. The lowest BCUT2D eigenvalue weighted by Crippen LogP contribution is -2.02. The first kappa shape index (κ1) is 9.95. The first-order valence-corrected chi connectivity index (χ1v) is 3.56. The van der Waals surface area contributed by atoms with Crippen LogP contribution in [0.1, 0.15) is 20.8 Å². The summed E-state index contributed by atoms with van der Waals surface area (Å²) < 4.78 is 0. The number of carboxylic acid groups (broad SMARTS) is 1. The second kappa shape index (κ2) is 3.96. The van der Waals surface area contributed by atoms with E-state index in [4.69, 9.17) is 5.11 Å². The maximum absolute atomic E-state index is 10.5. The largest absolute Gasteiger partial charge is 0.478 e. The van der Waals surface area contributed by atoms with Gasteiger partial charge in [0.15, 0.2) is 0 Å². The quantitative estimate of drug-likeness (QED) is 0.500. The number of carbonyl (C=O) groups is 1. The molecular formula is C9H14O2. The van der Waals surface area contributed by atoms with Crippen LogP contribution in [0, 0.1) is 5.92 Å². The van der Waals surface area contributed by atoms with E-state index in [0.717, 1.165) is 0 Å². The zero-order valence-corrected chi connectivity index (χ0v) is 7.22. The Morgan fingerprint density at radius 3 is 2.09 bits per heavy atom. The highest BCUT2D eigenvalue weighted by atomic mass is 16.4. The van der Waals surface area contributed by atoms with Gasteiger partial charge in [-0.05, 0) is 18.4 Å². The van der Waals surface area contributed by atoms with Gasteiger partial charge in [-0.2, -0.15) is 0 Å². The van der Waals surface area contributed by atoms with Gasteiger partial charge in [-0.25, -0.2) is 4.79 Å². The lowest BCUT2D eigenvalue weighted by atomic mass is 10.0. The van der Waals surface area contributed by atoms with Crippen molar-refractivity contribution in [2.45, 2.75) is 20.8 Å². The van der Waals surface area contributed by atoms with Crippen LogP contribution in [-0.4, -0.2) is 11.1 Å². The minimum absolute atomic E-state index is 0.248. The topological polar surface area (TPSA) is 37.3 Å². The molecule has 2 nitrogen and oxygen atoms in total. The molecule has 0 saturated carbocycles. The molecule has 0 aliphatic carbocycles. The van der Waals surface area contributed by atoms with E-state index in [-0.39, 0.29) is 5.92 Å². The van der Waals surface area contributed by atoms with Crippen LogP contribution in [0.2, 0.25) is 0 Å². The maximum atomic E-state index is 10.5. The SMILES string of the molecule is C=C(C)C(=CC(C)C)C(=O)O. The normalized spacial score (nSPS) is 11.8. The van der Waals surface area contributed by atoms with E-state index in [0.29, 0.717) is 11.1 Å². The fraction of sp³-hybridized carbons (Fsp3) is 0.444. The Hall–Kier alpha value is -1.05. The average Bonchev–Trinajstić information content (AvgIpc) is 1.81. The number of carboxylic acids is 1. The van der Waals surface area contributed by atoms with Crippen molar-refractivity contribution < 1.29 is 9.90 Å². The molecule has 0 aliphatic heterocycles. The molecule has 0 aromatic rings. The van der Waals surface area contributed by atoms with Crippen LogP contribution in [0.4, 0.5) is 0 Å². The zero-order valence-electron chi connectivity index (χ0n) is 7.22. The summed E-state index contributed by atoms with van der Waals surface area (Å²) in [5, 5.41) is 8.66. The van der Waals surface area contributed by atoms with Crippen molar-refractivity contribution in [1.82, 2.24) is 0 Å². The van der Waals surface area contributed by atoms with Crippen LogP contribution in [-0.2, 0) is 4.79 Å². The highest BCUT2D eigenvalue weighted by Crippen LogP contribution is 2.10.